The van der Waals surface area contributed by atoms with Crippen LogP contribution in [0.5, 0.6) is 0 Å². The molecule has 0 radical (unpaired) electrons. The SMILES string of the molecule is N#CCC=Cc1c(F)cc(N)cc1F. The lowest BCUT2D eigenvalue weighted by molar-refractivity contribution is 0.580. The maximum atomic E-state index is 13.1. The van der Waals surface area contributed by atoms with Gasteiger partial charge in [0.1, 0.15) is 11.6 Å². The van der Waals surface area contributed by atoms with Crippen LogP contribution < -0.4 is 5.73 Å². The molecule has 2 nitrogen and oxygen atoms in total. The molecule has 0 saturated carbocycles. The Morgan fingerprint density at radius 3 is 2.43 bits per heavy atom. The Labute approximate surface area is 80.3 Å². The lowest BCUT2D eigenvalue weighted by Crippen LogP contribution is -1.93. The Bertz CT molecular complexity index is 382. The second kappa shape index (κ2) is 4.38. The molecule has 14 heavy (non-hydrogen) atoms. The van der Waals surface area contributed by atoms with Gasteiger partial charge >= 0.3 is 0 Å². The van der Waals surface area contributed by atoms with Crippen molar-refractivity contribution in [3.05, 3.63) is 35.4 Å². The highest BCUT2D eigenvalue weighted by molar-refractivity contribution is 5.55. The number of anilines is 1. The lowest BCUT2D eigenvalue weighted by atomic mass is 10.1. The summed E-state index contributed by atoms with van der Waals surface area (Å²) in [6.45, 7) is 0. The third kappa shape index (κ3) is 2.30. The maximum Gasteiger partial charge on any atom is 0.135 e. The van der Waals surface area contributed by atoms with Gasteiger partial charge in [-0.2, -0.15) is 5.26 Å². The van der Waals surface area contributed by atoms with Crippen LogP contribution in [0, 0.1) is 23.0 Å². The molecule has 72 valence electrons. The monoisotopic (exact) mass is 194 g/mol. The van der Waals surface area contributed by atoms with E-state index in [1.807, 2.05) is 6.07 Å². The van der Waals surface area contributed by atoms with Crippen molar-refractivity contribution in [2.45, 2.75) is 6.42 Å². The van der Waals surface area contributed by atoms with E-state index in [-0.39, 0.29) is 17.7 Å². The molecule has 0 aliphatic carbocycles. The summed E-state index contributed by atoms with van der Waals surface area (Å²) in [5.41, 5.74) is 5.09. The Balaban J connectivity index is 3.04. The van der Waals surface area contributed by atoms with E-state index in [0.29, 0.717) is 0 Å². The number of nitriles is 1. The first-order valence-electron chi connectivity index (χ1n) is 3.93. The fraction of sp³-hybridized carbons (Fsp3) is 0.100. The van der Waals surface area contributed by atoms with Crippen molar-refractivity contribution in [3.63, 3.8) is 0 Å². The second-order valence-electron chi connectivity index (χ2n) is 2.66. The number of rotatable bonds is 2. The zero-order valence-corrected chi connectivity index (χ0v) is 7.30. The van der Waals surface area contributed by atoms with Crippen LogP contribution in [0.2, 0.25) is 0 Å². The van der Waals surface area contributed by atoms with Crippen LogP contribution in [0.1, 0.15) is 12.0 Å². The van der Waals surface area contributed by atoms with Crippen molar-refractivity contribution >= 4 is 11.8 Å². The number of hydrogen-bond donors (Lipinski definition) is 1. The number of halogens is 2. The number of hydrogen-bond acceptors (Lipinski definition) is 2. The van der Waals surface area contributed by atoms with Gasteiger partial charge in [-0.25, -0.2) is 8.78 Å². The van der Waals surface area contributed by atoms with Gasteiger partial charge in [0.2, 0.25) is 0 Å². The molecule has 0 heterocycles. The number of nitrogens with zero attached hydrogens (tertiary/aromatic N) is 1. The standard InChI is InChI=1S/C10H8F2N2/c11-9-5-7(14)6-10(12)8(9)3-1-2-4-13/h1,3,5-6H,2,14H2. The predicted octanol–water partition coefficient (Wildman–Crippen LogP) is 2.47. The maximum absolute atomic E-state index is 13.1. The number of allylic oxidation sites excluding steroid dienone is 1. The Kier molecular flexibility index (Phi) is 3.19. The summed E-state index contributed by atoms with van der Waals surface area (Å²) in [7, 11) is 0. The van der Waals surface area contributed by atoms with E-state index in [9.17, 15) is 8.78 Å². The minimum atomic E-state index is -0.725. The molecule has 0 atom stereocenters. The highest BCUT2D eigenvalue weighted by atomic mass is 19.1. The van der Waals surface area contributed by atoms with E-state index in [0.717, 1.165) is 12.1 Å². The molecule has 0 bridgehead atoms. The summed E-state index contributed by atoms with van der Waals surface area (Å²) < 4.78 is 26.2. The molecule has 0 aliphatic rings. The van der Waals surface area contributed by atoms with E-state index in [1.165, 1.54) is 12.2 Å². The summed E-state index contributed by atoms with van der Waals surface area (Å²) in [5, 5.41) is 8.22. The molecule has 0 amide bonds. The quantitative estimate of drug-likeness (QED) is 0.735. The van der Waals surface area contributed by atoms with Gasteiger partial charge in [-0.05, 0) is 12.1 Å². The van der Waals surface area contributed by atoms with Crippen LogP contribution in [0.4, 0.5) is 14.5 Å². The molecule has 1 rings (SSSR count). The smallest absolute Gasteiger partial charge is 0.135 e. The third-order valence-electron chi connectivity index (χ3n) is 1.60. The van der Waals surface area contributed by atoms with E-state index < -0.39 is 11.6 Å². The molecular weight excluding hydrogens is 186 g/mol. The first-order valence-corrected chi connectivity index (χ1v) is 3.93. The highest BCUT2D eigenvalue weighted by Crippen LogP contribution is 2.18. The molecule has 0 unspecified atom stereocenters. The van der Waals surface area contributed by atoms with Crippen molar-refractivity contribution < 1.29 is 8.78 Å². The molecule has 0 spiro atoms. The average molecular weight is 194 g/mol. The molecule has 1 aromatic carbocycles. The van der Waals surface area contributed by atoms with Crippen molar-refractivity contribution in [2.75, 3.05) is 5.73 Å². The van der Waals surface area contributed by atoms with Gasteiger partial charge in [0.25, 0.3) is 0 Å². The number of nitrogens with two attached hydrogens (primary N) is 1. The van der Waals surface area contributed by atoms with Crippen molar-refractivity contribution in [1.29, 1.82) is 5.26 Å². The molecule has 2 N–H and O–H groups in total. The summed E-state index contributed by atoms with van der Waals surface area (Å²) in [6, 6.07) is 3.91. The van der Waals surface area contributed by atoms with Gasteiger partial charge in [-0.15, -0.1) is 0 Å². The third-order valence-corrected chi connectivity index (χ3v) is 1.60. The molecule has 0 fully saturated rings. The van der Waals surface area contributed by atoms with Crippen LogP contribution >= 0.6 is 0 Å². The zero-order chi connectivity index (χ0) is 10.6. The minimum Gasteiger partial charge on any atom is -0.399 e. The number of benzene rings is 1. The van der Waals surface area contributed by atoms with E-state index in [1.54, 1.807) is 0 Å². The summed E-state index contributed by atoms with van der Waals surface area (Å²) >= 11 is 0. The van der Waals surface area contributed by atoms with E-state index in [4.69, 9.17) is 11.0 Å². The van der Waals surface area contributed by atoms with Crippen LogP contribution in [0.3, 0.4) is 0 Å². The molecule has 0 aromatic heterocycles. The topological polar surface area (TPSA) is 49.8 Å². The first kappa shape index (κ1) is 10.2. The van der Waals surface area contributed by atoms with Gasteiger partial charge in [-0.3, -0.25) is 0 Å². The molecule has 0 aliphatic heterocycles. The zero-order valence-electron chi connectivity index (χ0n) is 7.30. The van der Waals surface area contributed by atoms with Gasteiger partial charge in [-0.1, -0.05) is 12.2 Å². The second-order valence-corrected chi connectivity index (χ2v) is 2.66. The fourth-order valence-electron chi connectivity index (χ4n) is 0.993. The molecule has 1 aromatic rings. The Morgan fingerprint density at radius 2 is 1.93 bits per heavy atom. The van der Waals surface area contributed by atoms with E-state index >= 15 is 0 Å². The largest absolute Gasteiger partial charge is 0.399 e. The van der Waals surface area contributed by atoms with Gasteiger partial charge in [0.15, 0.2) is 0 Å². The van der Waals surface area contributed by atoms with Crippen LogP contribution in [0.15, 0.2) is 18.2 Å². The minimum absolute atomic E-state index is 0.0393. The van der Waals surface area contributed by atoms with Gasteiger partial charge in [0.05, 0.1) is 12.5 Å². The fourth-order valence-corrected chi connectivity index (χ4v) is 0.993. The molecular formula is C10H8F2N2. The Morgan fingerprint density at radius 1 is 1.36 bits per heavy atom. The number of nitrogen functional groups attached to an aromatic ring is 1. The van der Waals surface area contributed by atoms with Crippen molar-refractivity contribution in [2.24, 2.45) is 0 Å². The van der Waals surface area contributed by atoms with Crippen molar-refractivity contribution in [1.82, 2.24) is 0 Å². The Hall–Kier alpha value is -1.89. The lowest BCUT2D eigenvalue weighted by Gasteiger charge is -2.00. The van der Waals surface area contributed by atoms with Crippen LogP contribution in [0.25, 0.3) is 6.08 Å². The van der Waals surface area contributed by atoms with Gasteiger partial charge < -0.3 is 5.73 Å². The van der Waals surface area contributed by atoms with E-state index in [2.05, 4.69) is 0 Å². The summed E-state index contributed by atoms with van der Waals surface area (Å²) in [4.78, 5) is 0. The van der Waals surface area contributed by atoms with Crippen LogP contribution in [-0.2, 0) is 0 Å². The average Bonchev–Trinajstić information content (AvgIpc) is 2.09. The molecule has 0 saturated heterocycles. The molecule has 4 heteroatoms. The first-order chi connectivity index (χ1) is 6.65. The highest BCUT2D eigenvalue weighted by Gasteiger charge is 2.06. The summed E-state index contributed by atoms with van der Waals surface area (Å²) in [5.74, 6) is -1.45. The van der Waals surface area contributed by atoms with Gasteiger partial charge in [0, 0.05) is 11.3 Å². The summed E-state index contributed by atoms with van der Waals surface area (Å²) in [6.07, 6.45) is 2.73. The van der Waals surface area contributed by atoms with Crippen LogP contribution in [-0.4, -0.2) is 0 Å². The normalized spacial score (nSPS) is 10.4. The predicted molar refractivity (Wildman–Crippen MR) is 50.0 cm³/mol. The van der Waals surface area contributed by atoms with Crippen molar-refractivity contribution in [3.8, 4) is 6.07 Å².